The lowest BCUT2D eigenvalue weighted by Crippen LogP contribution is -2.48. The third-order valence-electron chi connectivity index (χ3n) is 5.15. The van der Waals surface area contributed by atoms with Crippen LogP contribution in [0, 0.1) is 0 Å². The normalized spacial score (nSPS) is 20.8. The summed E-state index contributed by atoms with van der Waals surface area (Å²) in [7, 11) is 0. The Kier molecular flexibility index (Phi) is 9.00. The van der Waals surface area contributed by atoms with Crippen LogP contribution in [0.5, 0.6) is 0 Å². The first-order chi connectivity index (χ1) is 11.7. The third kappa shape index (κ3) is 5.98. The number of rotatable bonds is 10. The Hall–Kier alpha value is -0.710. The molecule has 0 N–H and O–H groups in total. The van der Waals surface area contributed by atoms with Gasteiger partial charge >= 0.3 is 0 Å². The topological polar surface area (TPSA) is 40.6 Å². The SMILES string of the molecule is CCCCCCCCCCC(=O)N1CSC[C@H]1C(=O)N1CCCC1. The average molecular weight is 355 g/mol. The first kappa shape index (κ1) is 19.6. The maximum absolute atomic E-state index is 12.6. The molecular formula is C19H34N2O2S. The number of unbranched alkanes of at least 4 members (excludes halogenated alkanes) is 7. The zero-order valence-corrected chi connectivity index (χ0v) is 16.1. The van der Waals surface area contributed by atoms with Gasteiger partial charge in [0, 0.05) is 25.3 Å². The molecule has 0 aliphatic carbocycles. The Balaban J connectivity index is 1.63. The number of carbonyl (C=O) groups is 2. The van der Waals surface area contributed by atoms with Crippen molar-refractivity contribution in [3.05, 3.63) is 0 Å². The number of hydrogen-bond acceptors (Lipinski definition) is 3. The van der Waals surface area contributed by atoms with Gasteiger partial charge in [-0.2, -0.15) is 0 Å². The van der Waals surface area contributed by atoms with Crippen molar-refractivity contribution in [1.29, 1.82) is 0 Å². The number of hydrogen-bond donors (Lipinski definition) is 0. The van der Waals surface area contributed by atoms with E-state index in [1.165, 1.54) is 38.5 Å². The predicted molar refractivity (Wildman–Crippen MR) is 101 cm³/mol. The van der Waals surface area contributed by atoms with Gasteiger partial charge in [-0.05, 0) is 19.3 Å². The molecule has 2 heterocycles. The molecule has 1 atom stereocenters. The smallest absolute Gasteiger partial charge is 0.246 e. The summed E-state index contributed by atoms with van der Waals surface area (Å²) < 4.78 is 0. The standard InChI is InChI=1S/C19H34N2O2S/c1-2-3-4-5-6-7-8-9-12-18(22)21-16-24-15-17(21)19(23)20-13-10-11-14-20/h17H,2-16H2,1H3/t17-/m0/s1. The van der Waals surface area contributed by atoms with Crippen LogP contribution in [0.2, 0.25) is 0 Å². The van der Waals surface area contributed by atoms with Crippen molar-refractivity contribution in [2.45, 2.75) is 83.6 Å². The van der Waals surface area contributed by atoms with Crippen LogP contribution in [-0.4, -0.2) is 52.4 Å². The van der Waals surface area contributed by atoms with Crippen LogP contribution < -0.4 is 0 Å². The van der Waals surface area contributed by atoms with E-state index in [0.29, 0.717) is 12.3 Å². The van der Waals surface area contributed by atoms with Gasteiger partial charge in [-0.3, -0.25) is 9.59 Å². The highest BCUT2D eigenvalue weighted by Gasteiger charge is 2.37. The first-order valence-corrected chi connectivity index (χ1v) is 11.1. The molecular weight excluding hydrogens is 320 g/mol. The molecule has 2 saturated heterocycles. The first-order valence-electron chi connectivity index (χ1n) is 9.90. The van der Waals surface area contributed by atoms with Gasteiger partial charge in [-0.15, -0.1) is 11.8 Å². The average Bonchev–Trinajstić information content (AvgIpc) is 3.28. The summed E-state index contributed by atoms with van der Waals surface area (Å²) in [5, 5.41) is 0. The van der Waals surface area contributed by atoms with Crippen molar-refractivity contribution >= 4 is 23.6 Å². The van der Waals surface area contributed by atoms with Crippen molar-refractivity contribution in [2.24, 2.45) is 0 Å². The molecule has 24 heavy (non-hydrogen) atoms. The summed E-state index contributed by atoms with van der Waals surface area (Å²) in [6, 6.07) is -0.199. The molecule has 0 saturated carbocycles. The minimum Gasteiger partial charge on any atom is -0.341 e. The molecule has 0 aromatic carbocycles. The Morgan fingerprint density at radius 1 is 0.958 bits per heavy atom. The lowest BCUT2D eigenvalue weighted by Gasteiger charge is -2.27. The Morgan fingerprint density at radius 3 is 2.25 bits per heavy atom. The van der Waals surface area contributed by atoms with Crippen LogP contribution in [0.1, 0.15) is 77.6 Å². The fourth-order valence-corrected chi connectivity index (χ4v) is 4.77. The largest absolute Gasteiger partial charge is 0.341 e. The van der Waals surface area contributed by atoms with E-state index in [1.54, 1.807) is 11.8 Å². The maximum atomic E-state index is 12.6. The van der Waals surface area contributed by atoms with E-state index >= 15 is 0 Å². The summed E-state index contributed by atoms with van der Waals surface area (Å²) in [5.74, 6) is 1.84. The van der Waals surface area contributed by atoms with Gasteiger partial charge in [0.05, 0.1) is 5.88 Å². The fraction of sp³-hybridized carbons (Fsp3) is 0.895. The predicted octanol–water partition coefficient (Wildman–Crippen LogP) is 4.04. The van der Waals surface area contributed by atoms with Crippen molar-refractivity contribution in [3.8, 4) is 0 Å². The molecule has 5 heteroatoms. The summed E-state index contributed by atoms with van der Waals surface area (Å²) in [4.78, 5) is 28.9. The van der Waals surface area contributed by atoms with Gasteiger partial charge in [-0.1, -0.05) is 51.9 Å². The quantitative estimate of drug-likeness (QED) is 0.556. The zero-order valence-electron chi connectivity index (χ0n) is 15.3. The lowest BCUT2D eigenvalue weighted by molar-refractivity contribution is -0.142. The molecule has 0 aromatic heterocycles. The molecule has 2 rings (SSSR count). The third-order valence-corrected chi connectivity index (χ3v) is 6.16. The minimum atomic E-state index is -0.199. The number of nitrogens with zero attached hydrogens (tertiary/aromatic N) is 2. The van der Waals surface area contributed by atoms with Crippen LogP contribution in [0.15, 0.2) is 0 Å². The molecule has 0 spiro atoms. The molecule has 2 aliphatic rings. The Labute approximate surface area is 151 Å². The van der Waals surface area contributed by atoms with E-state index in [4.69, 9.17) is 0 Å². The highest BCUT2D eigenvalue weighted by molar-refractivity contribution is 7.99. The highest BCUT2D eigenvalue weighted by atomic mass is 32.2. The molecule has 0 bridgehead atoms. The van der Waals surface area contributed by atoms with Crippen molar-refractivity contribution in [1.82, 2.24) is 9.80 Å². The molecule has 0 radical (unpaired) electrons. The van der Waals surface area contributed by atoms with Crippen molar-refractivity contribution in [3.63, 3.8) is 0 Å². The van der Waals surface area contributed by atoms with Gasteiger partial charge in [0.15, 0.2) is 0 Å². The summed E-state index contributed by atoms with van der Waals surface area (Å²) in [6.45, 7) is 3.99. The van der Waals surface area contributed by atoms with E-state index < -0.39 is 0 Å². The minimum absolute atomic E-state index is 0.182. The summed E-state index contributed by atoms with van der Waals surface area (Å²) >= 11 is 1.72. The summed E-state index contributed by atoms with van der Waals surface area (Å²) in [6.07, 6.45) is 12.8. The van der Waals surface area contributed by atoms with Gasteiger partial charge in [0.2, 0.25) is 11.8 Å². The van der Waals surface area contributed by atoms with Gasteiger partial charge in [-0.25, -0.2) is 0 Å². The molecule has 4 nitrogen and oxygen atoms in total. The summed E-state index contributed by atoms with van der Waals surface area (Å²) in [5.41, 5.74) is 0. The Bertz CT molecular complexity index is 397. The van der Waals surface area contributed by atoms with Crippen molar-refractivity contribution < 1.29 is 9.59 Å². The number of thioether (sulfide) groups is 1. The second kappa shape index (κ2) is 11.0. The number of likely N-dealkylation sites (tertiary alicyclic amines) is 1. The van der Waals surface area contributed by atoms with Crippen LogP contribution >= 0.6 is 11.8 Å². The number of carbonyl (C=O) groups excluding carboxylic acids is 2. The van der Waals surface area contributed by atoms with Gasteiger partial charge in [0.1, 0.15) is 6.04 Å². The van der Waals surface area contributed by atoms with Gasteiger partial charge < -0.3 is 9.80 Å². The van der Waals surface area contributed by atoms with Crippen LogP contribution in [0.3, 0.4) is 0 Å². The fourth-order valence-electron chi connectivity index (χ4n) is 3.60. The maximum Gasteiger partial charge on any atom is 0.246 e. The van der Waals surface area contributed by atoms with Crippen LogP contribution in [0.25, 0.3) is 0 Å². The second-order valence-corrected chi connectivity index (χ2v) is 8.14. The van der Waals surface area contributed by atoms with Gasteiger partial charge in [0.25, 0.3) is 0 Å². The van der Waals surface area contributed by atoms with Crippen LogP contribution in [0.4, 0.5) is 0 Å². The van der Waals surface area contributed by atoms with E-state index in [-0.39, 0.29) is 17.9 Å². The van der Waals surface area contributed by atoms with E-state index in [1.807, 2.05) is 9.80 Å². The van der Waals surface area contributed by atoms with Crippen molar-refractivity contribution in [2.75, 3.05) is 24.7 Å². The molecule has 2 fully saturated rings. The van der Waals surface area contributed by atoms with E-state index in [2.05, 4.69) is 6.92 Å². The van der Waals surface area contributed by atoms with Crippen LogP contribution in [-0.2, 0) is 9.59 Å². The number of amides is 2. The molecule has 0 unspecified atom stereocenters. The molecule has 138 valence electrons. The second-order valence-electron chi connectivity index (χ2n) is 7.14. The Morgan fingerprint density at radius 2 is 1.58 bits per heavy atom. The van der Waals surface area contributed by atoms with E-state index in [9.17, 15) is 9.59 Å². The highest BCUT2D eigenvalue weighted by Crippen LogP contribution is 2.25. The lowest BCUT2D eigenvalue weighted by atomic mass is 10.1. The zero-order chi connectivity index (χ0) is 17.2. The molecule has 0 aromatic rings. The molecule has 2 amide bonds. The van der Waals surface area contributed by atoms with E-state index in [0.717, 1.165) is 44.5 Å². The molecule has 2 aliphatic heterocycles. The monoisotopic (exact) mass is 354 g/mol.